The van der Waals surface area contributed by atoms with E-state index in [9.17, 15) is 0 Å². The highest BCUT2D eigenvalue weighted by Gasteiger charge is 2.12. The Hall–Kier alpha value is -3.72. The largest absolute Gasteiger partial charge is 0.330 e. The van der Waals surface area contributed by atoms with E-state index in [1.54, 1.807) is 0 Å². The Balaban J connectivity index is 1.86. The van der Waals surface area contributed by atoms with Crippen molar-refractivity contribution in [3.8, 4) is 11.1 Å². The molecule has 4 N–H and O–H groups in total. The van der Waals surface area contributed by atoms with Gasteiger partial charge in [-0.3, -0.25) is 0 Å². The smallest absolute Gasteiger partial charge is 0.00741 e. The first-order chi connectivity index (χ1) is 19.9. The lowest BCUT2D eigenvalue weighted by molar-refractivity contribution is 0.831. The summed E-state index contributed by atoms with van der Waals surface area (Å²) in [6.07, 6.45) is 14.0. The summed E-state index contributed by atoms with van der Waals surface area (Å²) in [5.74, 6) is 0. The van der Waals surface area contributed by atoms with Crippen LogP contribution in [0.3, 0.4) is 0 Å². The van der Waals surface area contributed by atoms with E-state index >= 15 is 0 Å². The van der Waals surface area contributed by atoms with E-state index in [1.807, 2.05) is 0 Å². The Morgan fingerprint density at radius 2 is 1.22 bits per heavy atom. The third kappa shape index (κ3) is 7.73. The molecule has 41 heavy (non-hydrogen) atoms. The highest BCUT2D eigenvalue weighted by Crippen LogP contribution is 2.33. The van der Waals surface area contributed by atoms with Crippen molar-refractivity contribution in [2.24, 2.45) is 11.5 Å². The normalized spacial score (nSPS) is 11.7. The van der Waals surface area contributed by atoms with E-state index < -0.39 is 0 Å². The van der Waals surface area contributed by atoms with Gasteiger partial charge in [-0.1, -0.05) is 98.0 Å². The van der Waals surface area contributed by atoms with Crippen molar-refractivity contribution in [3.63, 3.8) is 0 Å². The van der Waals surface area contributed by atoms with Crippen LogP contribution in [0.2, 0.25) is 0 Å². The summed E-state index contributed by atoms with van der Waals surface area (Å²) in [5.41, 5.74) is 27.5. The maximum Gasteiger partial charge on any atom is -0.00741 e. The standard InChI is InChI=1S/C39H46N2/c1-5-33-15-7-13-30(4)38(33)21-19-32-25-31(14-9-23-40)26-36(27-32)39-34(18-10-24-41)16-8-17-35(39)20-22-37-28(2)11-6-12-29(37)3/h6-8,11-13,15-17,19-22,25-27H,5,9-10,14,18,23-24,40-41H2,1-4H3/b21-19+,22-20-. The zero-order valence-corrected chi connectivity index (χ0v) is 25.3. The van der Waals surface area contributed by atoms with Crippen LogP contribution >= 0.6 is 0 Å². The average molecular weight is 543 g/mol. The van der Waals surface area contributed by atoms with Gasteiger partial charge in [0.25, 0.3) is 0 Å². The van der Waals surface area contributed by atoms with Crippen LogP contribution in [0.4, 0.5) is 0 Å². The fraction of sp³-hybridized carbons (Fsp3) is 0.282. The molecule has 0 atom stereocenters. The van der Waals surface area contributed by atoms with Gasteiger partial charge in [0.15, 0.2) is 0 Å². The molecule has 0 aromatic heterocycles. The van der Waals surface area contributed by atoms with E-state index in [1.165, 1.54) is 66.8 Å². The number of aryl methyl sites for hydroxylation is 6. The van der Waals surface area contributed by atoms with Crippen molar-refractivity contribution in [1.82, 2.24) is 0 Å². The van der Waals surface area contributed by atoms with Crippen LogP contribution in [-0.4, -0.2) is 13.1 Å². The monoisotopic (exact) mass is 542 g/mol. The van der Waals surface area contributed by atoms with Crippen molar-refractivity contribution in [2.75, 3.05) is 13.1 Å². The second-order valence-corrected chi connectivity index (χ2v) is 11.1. The first-order valence-corrected chi connectivity index (χ1v) is 15.1. The predicted octanol–water partition coefficient (Wildman–Crippen LogP) is 8.96. The lowest BCUT2D eigenvalue weighted by Gasteiger charge is -2.16. The summed E-state index contributed by atoms with van der Waals surface area (Å²) < 4.78 is 0. The van der Waals surface area contributed by atoms with E-state index in [4.69, 9.17) is 11.5 Å². The molecule has 0 amide bonds. The SMILES string of the molecule is CCc1cccc(C)c1/C=C/c1cc(CCCN)cc(-c2c(/C=C\c3c(C)cccc3C)cccc2CCCN)c1. The summed E-state index contributed by atoms with van der Waals surface area (Å²) in [6, 6.07) is 26.8. The summed E-state index contributed by atoms with van der Waals surface area (Å²) >= 11 is 0. The molecule has 0 bridgehead atoms. The topological polar surface area (TPSA) is 52.0 Å². The Morgan fingerprint density at radius 1 is 0.610 bits per heavy atom. The molecule has 4 rings (SSSR count). The van der Waals surface area contributed by atoms with Crippen LogP contribution in [0.1, 0.15) is 75.4 Å². The molecule has 2 nitrogen and oxygen atoms in total. The van der Waals surface area contributed by atoms with Crippen LogP contribution in [0.15, 0.2) is 72.8 Å². The van der Waals surface area contributed by atoms with Gasteiger partial charge in [-0.15, -0.1) is 0 Å². The number of hydrogen-bond acceptors (Lipinski definition) is 2. The highest BCUT2D eigenvalue weighted by molar-refractivity contribution is 5.85. The van der Waals surface area contributed by atoms with E-state index in [2.05, 4.69) is 125 Å². The van der Waals surface area contributed by atoms with Crippen LogP contribution in [-0.2, 0) is 19.3 Å². The molecule has 4 aromatic rings. The van der Waals surface area contributed by atoms with Crippen molar-refractivity contribution in [2.45, 2.75) is 59.8 Å². The molecular formula is C39H46N2. The van der Waals surface area contributed by atoms with Gasteiger partial charge in [0.2, 0.25) is 0 Å². The van der Waals surface area contributed by atoms with Crippen LogP contribution < -0.4 is 11.5 Å². The molecule has 0 unspecified atom stereocenters. The zero-order chi connectivity index (χ0) is 29.2. The molecular weight excluding hydrogens is 496 g/mol. The molecule has 0 saturated carbocycles. The van der Waals surface area contributed by atoms with E-state index in [-0.39, 0.29) is 0 Å². The molecule has 2 heteroatoms. The Labute approximate surface area is 247 Å². The maximum atomic E-state index is 5.97. The molecule has 0 radical (unpaired) electrons. The second kappa shape index (κ2) is 14.8. The molecule has 0 aliphatic rings. The lowest BCUT2D eigenvalue weighted by atomic mass is 9.88. The van der Waals surface area contributed by atoms with E-state index in [0.717, 1.165) is 32.1 Å². The first kappa shape index (κ1) is 30.2. The first-order valence-electron chi connectivity index (χ1n) is 15.1. The van der Waals surface area contributed by atoms with Gasteiger partial charge in [0.05, 0.1) is 0 Å². The number of nitrogens with two attached hydrogens (primary N) is 2. The van der Waals surface area contributed by atoms with Gasteiger partial charge in [-0.25, -0.2) is 0 Å². The molecule has 0 spiro atoms. The molecule has 0 aliphatic carbocycles. The fourth-order valence-electron chi connectivity index (χ4n) is 5.75. The quantitative estimate of drug-likeness (QED) is 0.176. The second-order valence-electron chi connectivity index (χ2n) is 11.1. The van der Waals surface area contributed by atoms with Gasteiger partial charge in [-0.2, -0.15) is 0 Å². The molecule has 4 aromatic carbocycles. The Morgan fingerprint density at radius 3 is 1.93 bits per heavy atom. The molecule has 0 heterocycles. The number of rotatable bonds is 12. The maximum absolute atomic E-state index is 5.97. The number of hydrogen-bond donors (Lipinski definition) is 2. The Bertz CT molecular complexity index is 1500. The van der Waals surface area contributed by atoms with Gasteiger partial charge >= 0.3 is 0 Å². The minimum Gasteiger partial charge on any atom is -0.330 e. The predicted molar refractivity (Wildman–Crippen MR) is 181 cm³/mol. The van der Waals surface area contributed by atoms with Gasteiger partial charge in [0.1, 0.15) is 0 Å². The lowest BCUT2D eigenvalue weighted by Crippen LogP contribution is -2.03. The highest BCUT2D eigenvalue weighted by atomic mass is 14.5. The van der Waals surface area contributed by atoms with Crippen LogP contribution in [0, 0.1) is 20.8 Å². The summed E-state index contributed by atoms with van der Waals surface area (Å²) in [6.45, 7) is 10.2. The summed E-state index contributed by atoms with van der Waals surface area (Å²) in [7, 11) is 0. The zero-order valence-electron chi connectivity index (χ0n) is 25.3. The molecule has 212 valence electrons. The Kier molecular flexibility index (Phi) is 10.9. The summed E-state index contributed by atoms with van der Waals surface area (Å²) in [5, 5.41) is 0. The van der Waals surface area contributed by atoms with Gasteiger partial charge in [0, 0.05) is 0 Å². The third-order valence-corrected chi connectivity index (χ3v) is 8.02. The van der Waals surface area contributed by atoms with Gasteiger partial charge < -0.3 is 11.5 Å². The molecule has 0 aliphatic heterocycles. The minimum atomic E-state index is 0.683. The minimum absolute atomic E-state index is 0.683. The fourth-order valence-corrected chi connectivity index (χ4v) is 5.75. The average Bonchev–Trinajstić information content (AvgIpc) is 2.97. The van der Waals surface area contributed by atoms with Crippen molar-refractivity contribution >= 4 is 24.3 Å². The molecule has 0 fully saturated rings. The van der Waals surface area contributed by atoms with Gasteiger partial charge in [-0.05, 0) is 139 Å². The van der Waals surface area contributed by atoms with Crippen LogP contribution in [0.5, 0.6) is 0 Å². The van der Waals surface area contributed by atoms with Crippen molar-refractivity contribution < 1.29 is 0 Å². The van der Waals surface area contributed by atoms with Crippen molar-refractivity contribution in [1.29, 1.82) is 0 Å². The number of benzene rings is 4. The van der Waals surface area contributed by atoms with Crippen LogP contribution in [0.25, 0.3) is 35.4 Å². The summed E-state index contributed by atoms with van der Waals surface area (Å²) in [4.78, 5) is 0. The third-order valence-electron chi connectivity index (χ3n) is 8.02. The van der Waals surface area contributed by atoms with E-state index in [0.29, 0.717) is 13.1 Å². The molecule has 0 saturated heterocycles. The van der Waals surface area contributed by atoms with Crippen molar-refractivity contribution in [3.05, 3.63) is 128 Å².